The molecule has 3 nitrogen and oxygen atoms in total. The molecule has 0 bridgehead atoms. The first-order valence-electron chi connectivity index (χ1n) is 5.39. The van der Waals surface area contributed by atoms with Crippen LogP contribution in [0.4, 0.5) is 0 Å². The van der Waals surface area contributed by atoms with E-state index in [1.54, 1.807) is 0 Å². The third-order valence-corrected chi connectivity index (χ3v) is 3.27. The fraction of sp³-hybridized carbons (Fsp3) is 0.417. The topological polar surface area (TPSA) is 29.5 Å². The van der Waals surface area contributed by atoms with Gasteiger partial charge in [-0.2, -0.15) is 0 Å². The molecule has 0 aliphatic carbocycles. The maximum Gasteiger partial charge on any atom is 0.278 e. The highest BCUT2D eigenvalue weighted by molar-refractivity contribution is 9.10. The normalized spacial score (nSPS) is 16.2. The molecule has 1 fully saturated rings. The Morgan fingerprint density at radius 2 is 2.25 bits per heavy atom. The number of carbonyl (C=O) groups is 1. The van der Waals surface area contributed by atoms with Crippen LogP contribution < -0.4 is 0 Å². The smallest absolute Gasteiger partial charge is 0.271 e. The van der Waals surface area contributed by atoms with E-state index in [1.165, 1.54) is 5.06 Å². The molecular weight excluding hydrogens is 270 g/mol. The summed E-state index contributed by atoms with van der Waals surface area (Å²) in [6, 6.07) is 5.74. The Balaban J connectivity index is 2.22. The van der Waals surface area contributed by atoms with Gasteiger partial charge in [0.05, 0.1) is 12.2 Å². The van der Waals surface area contributed by atoms with Crippen molar-refractivity contribution in [1.29, 1.82) is 0 Å². The van der Waals surface area contributed by atoms with Gasteiger partial charge in [-0.3, -0.25) is 9.63 Å². The molecule has 4 heteroatoms. The molecule has 2 rings (SSSR count). The van der Waals surface area contributed by atoms with E-state index in [0.717, 1.165) is 22.9 Å². The highest BCUT2D eigenvalue weighted by Gasteiger charge is 2.21. The predicted molar refractivity (Wildman–Crippen MR) is 65.1 cm³/mol. The third kappa shape index (κ3) is 2.44. The summed E-state index contributed by atoms with van der Waals surface area (Å²) in [4.78, 5) is 17.5. The lowest BCUT2D eigenvalue weighted by Crippen LogP contribution is -2.35. The third-order valence-electron chi connectivity index (χ3n) is 2.58. The van der Waals surface area contributed by atoms with E-state index in [9.17, 15) is 4.79 Å². The summed E-state index contributed by atoms with van der Waals surface area (Å²) in [5.74, 6) is -0.0599. The van der Waals surface area contributed by atoms with Crippen molar-refractivity contribution in [2.45, 2.75) is 19.8 Å². The van der Waals surface area contributed by atoms with E-state index in [2.05, 4.69) is 15.9 Å². The highest BCUT2D eigenvalue weighted by atomic mass is 79.9. The van der Waals surface area contributed by atoms with Crippen molar-refractivity contribution in [1.82, 2.24) is 5.06 Å². The van der Waals surface area contributed by atoms with E-state index in [0.29, 0.717) is 18.7 Å². The van der Waals surface area contributed by atoms with Gasteiger partial charge in [-0.1, -0.05) is 11.6 Å². The second-order valence-corrected chi connectivity index (χ2v) is 4.79. The van der Waals surface area contributed by atoms with Crippen LogP contribution in [0.15, 0.2) is 22.7 Å². The zero-order valence-electron chi connectivity index (χ0n) is 9.20. The Kier molecular flexibility index (Phi) is 3.61. The van der Waals surface area contributed by atoms with Gasteiger partial charge < -0.3 is 0 Å². The molecule has 0 spiro atoms. The molecule has 1 saturated heterocycles. The van der Waals surface area contributed by atoms with Gasteiger partial charge in [-0.15, -0.1) is 0 Å². The van der Waals surface area contributed by atoms with Gasteiger partial charge in [-0.25, -0.2) is 5.06 Å². The van der Waals surface area contributed by atoms with Crippen molar-refractivity contribution in [3.05, 3.63) is 33.8 Å². The molecule has 0 unspecified atom stereocenters. The Labute approximate surface area is 103 Å². The van der Waals surface area contributed by atoms with Crippen LogP contribution in [0.1, 0.15) is 28.8 Å². The largest absolute Gasteiger partial charge is 0.278 e. The van der Waals surface area contributed by atoms with E-state index in [1.807, 2.05) is 25.1 Å². The first-order chi connectivity index (χ1) is 7.68. The van der Waals surface area contributed by atoms with Crippen LogP contribution in [0.5, 0.6) is 0 Å². The predicted octanol–water partition coefficient (Wildman–Crippen LogP) is 2.93. The minimum atomic E-state index is -0.0599. The number of carbonyl (C=O) groups excluding carboxylic acids is 1. The van der Waals surface area contributed by atoms with E-state index in [-0.39, 0.29) is 5.91 Å². The molecule has 1 aromatic carbocycles. The first-order valence-corrected chi connectivity index (χ1v) is 6.19. The molecule has 1 amide bonds. The number of hydroxylamine groups is 2. The molecule has 86 valence electrons. The molecule has 0 saturated carbocycles. The number of amides is 1. The summed E-state index contributed by atoms with van der Waals surface area (Å²) < 4.78 is 0.817. The number of hydrogen-bond donors (Lipinski definition) is 0. The molecule has 0 aromatic heterocycles. The minimum Gasteiger partial charge on any atom is -0.271 e. The zero-order chi connectivity index (χ0) is 11.5. The molecule has 0 N–H and O–H groups in total. The van der Waals surface area contributed by atoms with Crippen LogP contribution in [-0.4, -0.2) is 24.1 Å². The lowest BCUT2D eigenvalue weighted by Gasteiger charge is -2.26. The van der Waals surface area contributed by atoms with Gasteiger partial charge in [0.2, 0.25) is 0 Å². The van der Waals surface area contributed by atoms with E-state index in [4.69, 9.17) is 4.84 Å². The maximum absolute atomic E-state index is 12.1. The first kappa shape index (κ1) is 11.6. The molecule has 16 heavy (non-hydrogen) atoms. The summed E-state index contributed by atoms with van der Waals surface area (Å²) in [5.41, 5.74) is 1.74. The fourth-order valence-corrected chi connectivity index (χ4v) is 2.11. The van der Waals surface area contributed by atoms with Crippen LogP contribution in [0.25, 0.3) is 0 Å². The average Bonchev–Trinajstić information content (AvgIpc) is 2.32. The Morgan fingerprint density at radius 3 is 2.94 bits per heavy atom. The molecular formula is C12H14BrNO2. The Bertz CT molecular complexity index is 400. The van der Waals surface area contributed by atoms with Gasteiger partial charge in [0.25, 0.3) is 5.91 Å². The minimum absolute atomic E-state index is 0.0599. The van der Waals surface area contributed by atoms with Crippen molar-refractivity contribution in [2.24, 2.45) is 0 Å². The van der Waals surface area contributed by atoms with E-state index >= 15 is 0 Å². The number of halogens is 1. The molecule has 1 heterocycles. The second-order valence-electron chi connectivity index (χ2n) is 3.93. The van der Waals surface area contributed by atoms with Crippen LogP contribution >= 0.6 is 15.9 Å². The number of rotatable bonds is 1. The number of hydrogen-bond acceptors (Lipinski definition) is 2. The monoisotopic (exact) mass is 283 g/mol. The number of nitrogens with zero attached hydrogens (tertiary/aromatic N) is 1. The summed E-state index contributed by atoms with van der Waals surface area (Å²) in [6.45, 7) is 3.29. The van der Waals surface area contributed by atoms with Crippen molar-refractivity contribution in [3.63, 3.8) is 0 Å². The second kappa shape index (κ2) is 4.97. The molecule has 1 aromatic rings. The van der Waals surface area contributed by atoms with Gasteiger partial charge >= 0.3 is 0 Å². The number of benzene rings is 1. The summed E-state index contributed by atoms with van der Waals surface area (Å²) in [6.07, 6.45) is 2.04. The van der Waals surface area contributed by atoms with Crippen molar-refractivity contribution < 1.29 is 9.63 Å². The lowest BCUT2D eigenvalue weighted by molar-refractivity contribution is -0.144. The standard InChI is InChI=1S/C12H14BrNO2/c1-9-4-5-11(13)10(8-9)12(15)14-6-2-3-7-16-14/h4-5,8H,2-3,6-7H2,1H3. The van der Waals surface area contributed by atoms with Gasteiger partial charge in [-0.05, 0) is 47.8 Å². The van der Waals surface area contributed by atoms with Gasteiger partial charge in [0.1, 0.15) is 0 Å². The van der Waals surface area contributed by atoms with Crippen LogP contribution in [0.3, 0.4) is 0 Å². The van der Waals surface area contributed by atoms with Crippen LogP contribution in [-0.2, 0) is 4.84 Å². The quantitative estimate of drug-likeness (QED) is 0.793. The van der Waals surface area contributed by atoms with Crippen LogP contribution in [0, 0.1) is 6.92 Å². The van der Waals surface area contributed by atoms with Crippen LogP contribution in [0.2, 0.25) is 0 Å². The Morgan fingerprint density at radius 1 is 1.44 bits per heavy atom. The Hall–Kier alpha value is -0.870. The molecule has 1 aliphatic heterocycles. The summed E-state index contributed by atoms with van der Waals surface area (Å²) in [5, 5.41) is 1.46. The fourth-order valence-electron chi connectivity index (χ4n) is 1.69. The van der Waals surface area contributed by atoms with Gasteiger partial charge in [0, 0.05) is 11.0 Å². The maximum atomic E-state index is 12.1. The lowest BCUT2D eigenvalue weighted by atomic mass is 10.1. The van der Waals surface area contributed by atoms with Crippen molar-refractivity contribution in [3.8, 4) is 0 Å². The van der Waals surface area contributed by atoms with Gasteiger partial charge in [0.15, 0.2) is 0 Å². The summed E-state index contributed by atoms with van der Waals surface area (Å²) >= 11 is 3.39. The molecule has 1 aliphatic rings. The average molecular weight is 284 g/mol. The molecule has 0 radical (unpaired) electrons. The highest BCUT2D eigenvalue weighted by Crippen LogP contribution is 2.21. The molecule has 0 atom stereocenters. The SMILES string of the molecule is Cc1ccc(Br)c(C(=O)N2CCCCO2)c1. The van der Waals surface area contributed by atoms with E-state index < -0.39 is 0 Å². The zero-order valence-corrected chi connectivity index (χ0v) is 10.8. The number of aryl methyl sites for hydroxylation is 1. The summed E-state index contributed by atoms with van der Waals surface area (Å²) in [7, 11) is 0. The van der Waals surface area contributed by atoms with Crippen molar-refractivity contribution in [2.75, 3.05) is 13.2 Å². The van der Waals surface area contributed by atoms with Crippen molar-refractivity contribution >= 4 is 21.8 Å².